The van der Waals surface area contributed by atoms with Gasteiger partial charge in [0.05, 0.1) is 17.1 Å². The lowest BCUT2D eigenvalue weighted by Crippen LogP contribution is -2.34. The molecule has 1 aliphatic rings. The van der Waals surface area contributed by atoms with Gasteiger partial charge in [-0.3, -0.25) is 4.79 Å². The summed E-state index contributed by atoms with van der Waals surface area (Å²) in [6.07, 6.45) is 0.573. The monoisotopic (exact) mass is 334 g/mol. The molecule has 114 valence electrons. The number of benzene rings is 1. The zero-order valence-corrected chi connectivity index (χ0v) is 13.6. The van der Waals surface area contributed by atoms with Gasteiger partial charge in [-0.05, 0) is 29.1 Å². The first-order valence-corrected chi connectivity index (χ1v) is 8.17. The molecule has 2 heterocycles. The van der Waals surface area contributed by atoms with Crippen LogP contribution >= 0.6 is 22.9 Å². The van der Waals surface area contributed by atoms with E-state index in [9.17, 15) is 4.79 Å². The van der Waals surface area contributed by atoms with Crippen molar-refractivity contribution in [3.05, 3.63) is 57.2 Å². The van der Waals surface area contributed by atoms with Crippen molar-refractivity contribution in [2.45, 2.75) is 12.5 Å². The van der Waals surface area contributed by atoms with Crippen LogP contribution in [0.5, 0.6) is 0 Å². The molecule has 3 rings (SSSR count). The second-order valence-corrected chi connectivity index (χ2v) is 6.52. The van der Waals surface area contributed by atoms with Crippen molar-refractivity contribution in [1.29, 1.82) is 0 Å². The minimum atomic E-state index is -0.111. The molecule has 1 amide bonds. The van der Waals surface area contributed by atoms with Crippen LogP contribution in [0.4, 0.5) is 0 Å². The molecule has 2 aromatic rings. The number of nitrogens with zero attached hydrogens (tertiary/aromatic N) is 2. The molecule has 4 nitrogen and oxygen atoms in total. The third-order valence-corrected chi connectivity index (χ3v) is 4.58. The van der Waals surface area contributed by atoms with Crippen molar-refractivity contribution in [3.63, 3.8) is 0 Å². The highest BCUT2D eigenvalue weighted by molar-refractivity contribution is 7.12. The van der Waals surface area contributed by atoms with Crippen LogP contribution in [0.25, 0.3) is 0 Å². The molecule has 0 aliphatic carbocycles. The lowest BCUT2D eigenvalue weighted by molar-refractivity contribution is 0.0485. The smallest absolute Gasteiger partial charge is 0.263 e. The second-order valence-electron chi connectivity index (χ2n) is 5.14. The third-order valence-electron chi connectivity index (χ3n) is 3.47. The van der Waals surface area contributed by atoms with Crippen LogP contribution < -0.4 is 0 Å². The van der Waals surface area contributed by atoms with Gasteiger partial charge in [0.25, 0.3) is 5.91 Å². The van der Waals surface area contributed by atoms with Gasteiger partial charge in [0.15, 0.2) is 6.10 Å². The van der Waals surface area contributed by atoms with E-state index in [1.54, 1.807) is 11.9 Å². The fourth-order valence-electron chi connectivity index (χ4n) is 2.32. The highest BCUT2D eigenvalue weighted by Gasteiger charge is 2.25. The summed E-state index contributed by atoms with van der Waals surface area (Å²) in [7, 11) is 1.78. The van der Waals surface area contributed by atoms with Crippen LogP contribution in [-0.2, 0) is 4.84 Å². The van der Waals surface area contributed by atoms with Gasteiger partial charge in [0, 0.05) is 18.5 Å². The molecule has 1 atom stereocenters. The Kier molecular flexibility index (Phi) is 4.45. The van der Waals surface area contributed by atoms with Crippen molar-refractivity contribution in [2.24, 2.45) is 5.16 Å². The molecule has 0 N–H and O–H groups in total. The molecule has 22 heavy (non-hydrogen) atoms. The molecule has 6 heteroatoms. The molecule has 1 aromatic heterocycles. The highest BCUT2D eigenvalue weighted by Crippen LogP contribution is 2.20. The van der Waals surface area contributed by atoms with Crippen LogP contribution in [0.3, 0.4) is 0 Å². The normalized spacial score (nSPS) is 17.0. The topological polar surface area (TPSA) is 41.9 Å². The number of oxime groups is 1. The van der Waals surface area contributed by atoms with Gasteiger partial charge < -0.3 is 9.74 Å². The second kappa shape index (κ2) is 6.50. The molecule has 0 bridgehead atoms. The number of likely N-dealkylation sites (N-methyl/N-ethyl adjacent to an activating group) is 1. The Labute approximate surface area is 138 Å². The molecule has 0 saturated heterocycles. The summed E-state index contributed by atoms with van der Waals surface area (Å²) < 4.78 is 0. The van der Waals surface area contributed by atoms with Crippen molar-refractivity contribution < 1.29 is 9.63 Å². The Morgan fingerprint density at radius 3 is 2.86 bits per heavy atom. The minimum absolute atomic E-state index is 0.0125. The number of amides is 1. The largest absolute Gasteiger partial charge is 0.390 e. The summed E-state index contributed by atoms with van der Waals surface area (Å²) in [4.78, 5) is 20.1. The Morgan fingerprint density at radius 2 is 2.18 bits per heavy atom. The number of halogens is 1. The van der Waals surface area contributed by atoms with Crippen molar-refractivity contribution in [3.8, 4) is 0 Å². The third kappa shape index (κ3) is 3.31. The Balaban J connectivity index is 1.58. The number of carbonyl (C=O) groups excluding carboxylic acids is 1. The SMILES string of the molecule is CN(CC1CC(c2ccc(Cl)cc2)=NO1)C(=O)c1cccs1. The van der Waals surface area contributed by atoms with Crippen molar-refractivity contribution in [2.75, 3.05) is 13.6 Å². The van der Waals surface area contributed by atoms with Crippen LogP contribution in [0, 0.1) is 0 Å². The molecule has 0 radical (unpaired) electrons. The molecule has 0 spiro atoms. The average Bonchev–Trinajstić information content (AvgIpc) is 3.18. The molecule has 1 aliphatic heterocycles. The first-order valence-electron chi connectivity index (χ1n) is 6.91. The van der Waals surface area contributed by atoms with Gasteiger partial charge in [0.2, 0.25) is 0 Å². The van der Waals surface area contributed by atoms with Gasteiger partial charge in [-0.1, -0.05) is 35.0 Å². The lowest BCUT2D eigenvalue weighted by Gasteiger charge is -2.19. The zero-order chi connectivity index (χ0) is 15.5. The number of rotatable bonds is 4. The van der Waals surface area contributed by atoms with Crippen molar-refractivity contribution in [1.82, 2.24) is 4.90 Å². The van der Waals surface area contributed by atoms with Gasteiger partial charge in [0.1, 0.15) is 0 Å². The molecule has 1 unspecified atom stereocenters. The maximum Gasteiger partial charge on any atom is 0.263 e. The highest BCUT2D eigenvalue weighted by atomic mass is 35.5. The number of hydrogen-bond donors (Lipinski definition) is 0. The molecule has 0 saturated carbocycles. The van der Waals surface area contributed by atoms with E-state index in [4.69, 9.17) is 16.4 Å². The van der Waals surface area contributed by atoms with E-state index in [1.165, 1.54) is 11.3 Å². The molecule has 1 aromatic carbocycles. The van der Waals surface area contributed by atoms with Gasteiger partial charge in [-0.25, -0.2) is 0 Å². The van der Waals surface area contributed by atoms with E-state index < -0.39 is 0 Å². The van der Waals surface area contributed by atoms with Gasteiger partial charge >= 0.3 is 0 Å². The summed E-state index contributed by atoms with van der Waals surface area (Å²) in [5.41, 5.74) is 1.89. The summed E-state index contributed by atoms with van der Waals surface area (Å²) >= 11 is 7.33. The number of hydrogen-bond acceptors (Lipinski definition) is 4. The number of carbonyl (C=O) groups is 1. The quantitative estimate of drug-likeness (QED) is 0.856. The van der Waals surface area contributed by atoms with E-state index in [1.807, 2.05) is 41.8 Å². The van der Waals surface area contributed by atoms with E-state index in [0.717, 1.165) is 16.2 Å². The number of thiophene rings is 1. The lowest BCUT2D eigenvalue weighted by atomic mass is 10.0. The van der Waals surface area contributed by atoms with Gasteiger partial charge in [-0.2, -0.15) is 0 Å². The summed E-state index contributed by atoms with van der Waals surface area (Å²) in [6, 6.07) is 11.2. The van der Waals surface area contributed by atoms with E-state index in [2.05, 4.69) is 5.16 Å². The summed E-state index contributed by atoms with van der Waals surface area (Å²) in [5, 5.41) is 6.72. The summed E-state index contributed by atoms with van der Waals surface area (Å²) in [6.45, 7) is 0.511. The Hall–Kier alpha value is -1.85. The van der Waals surface area contributed by atoms with E-state index >= 15 is 0 Å². The first-order chi connectivity index (χ1) is 10.6. The Morgan fingerprint density at radius 1 is 1.41 bits per heavy atom. The zero-order valence-electron chi connectivity index (χ0n) is 12.0. The predicted octanol–water partition coefficient (Wildman–Crippen LogP) is 3.67. The maximum atomic E-state index is 12.2. The van der Waals surface area contributed by atoms with Gasteiger partial charge in [-0.15, -0.1) is 11.3 Å². The molecule has 0 fully saturated rings. The fourth-order valence-corrected chi connectivity index (χ4v) is 3.16. The van der Waals surface area contributed by atoms with Crippen LogP contribution in [0.15, 0.2) is 46.9 Å². The summed E-state index contributed by atoms with van der Waals surface area (Å²) in [5.74, 6) is 0.0125. The Bertz CT molecular complexity index is 683. The average molecular weight is 335 g/mol. The van der Waals surface area contributed by atoms with Crippen LogP contribution in [0.2, 0.25) is 5.02 Å². The van der Waals surface area contributed by atoms with E-state index in [0.29, 0.717) is 18.0 Å². The van der Waals surface area contributed by atoms with E-state index in [-0.39, 0.29) is 12.0 Å². The first kappa shape index (κ1) is 15.1. The van der Waals surface area contributed by atoms with Crippen LogP contribution in [-0.4, -0.2) is 36.2 Å². The van der Waals surface area contributed by atoms with Crippen molar-refractivity contribution >= 4 is 34.6 Å². The standard InChI is InChI=1S/C16H15ClN2O2S/c1-19(16(20)15-3-2-8-22-15)10-13-9-14(18-21-13)11-4-6-12(17)7-5-11/h2-8,13H,9-10H2,1H3. The fraction of sp³-hybridized carbons (Fsp3) is 0.250. The minimum Gasteiger partial charge on any atom is -0.390 e. The maximum absolute atomic E-state index is 12.2. The predicted molar refractivity (Wildman–Crippen MR) is 88.8 cm³/mol. The van der Waals surface area contributed by atoms with Crippen LogP contribution in [0.1, 0.15) is 21.7 Å². The molecular weight excluding hydrogens is 320 g/mol. The molecular formula is C16H15ClN2O2S.